The molecule has 0 aliphatic rings. The van der Waals surface area contributed by atoms with Crippen molar-refractivity contribution in [2.24, 2.45) is 0 Å². The molecule has 0 heterocycles. The summed E-state index contributed by atoms with van der Waals surface area (Å²) in [4.78, 5) is 9.68. The number of carbonyl (C=O) groups is 1. The number of carboxylic acid groups (broad SMARTS) is 1. The zero-order chi connectivity index (χ0) is 5.86. The largest absolute Gasteiger partial charge is 0.479 e. The Morgan fingerprint density at radius 3 is 2.12 bits per heavy atom. The second-order valence-corrected chi connectivity index (χ2v) is 1.26. The zero-order valence-corrected chi connectivity index (χ0v) is 4.59. The van der Waals surface area contributed by atoms with E-state index in [4.69, 9.17) is 10.2 Å². The lowest BCUT2D eigenvalue weighted by Gasteiger charge is -1.95. The first-order valence-corrected chi connectivity index (χ1v) is 2.09. The zero-order valence-electron chi connectivity index (χ0n) is 4.59. The summed E-state index contributed by atoms with van der Waals surface area (Å²) in [6.07, 6.45) is -0.907. The van der Waals surface area contributed by atoms with Gasteiger partial charge in [-0.1, -0.05) is 6.92 Å². The van der Waals surface area contributed by atoms with Gasteiger partial charge >= 0.3 is 5.97 Å². The highest BCUT2D eigenvalue weighted by molar-refractivity contribution is 5.71. The molecule has 0 saturated heterocycles. The Kier molecular flexibility index (Phi) is 5.97. The van der Waals surface area contributed by atoms with E-state index < -0.39 is 12.1 Å². The van der Waals surface area contributed by atoms with Crippen LogP contribution < -0.4 is 0 Å². The summed E-state index contributed by atoms with van der Waals surface area (Å²) in [5, 5.41) is 16.3. The first kappa shape index (κ1) is 10.4. The molecule has 46 valence electrons. The summed E-state index contributed by atoms with van der Waals surface area (Å²) in [6, 6.07) is 0. The normalized spacial score (nSPS) is 11.8. The standard InChI is InChI=1S/C4H8O3.C/c1-2-3(5)4(6)7;/h3,5H,2H2,1H3,(H,6,7);. The predicted molar refractivity (Wildman–Crippen MR) is 27.2 cm³/mol. The van der Waals surface area contributed by atoms with E-state index >= 15 is 0 Å². The van der Waals surface area contributed by atoms with Crippen molar-refractivity contribution in [2.75, 3.05) is 0 Å². The Balaban J connectivity index is 0. The second kappa shape index (κ2) is 4.59. The molecule has 0 aromatic heterocycles. The van der Waals surface area contributed by atoms with Crippen LogP contribution in [0.15, 0.2) is 0 Å². The molecule has 0 rings (SSSR count). The minimum atomic E-state index is -1.18. The van der Waals surface area contributed by atoms with Gasteiger partial charge < -0.3 is 10.2 Å². The van der Waals surface area contributed by atoms with Crippen molar-refractivity contribution in [2.45, 2.75) is 19.4 Å². The Morgan fingerprint density at radius 1 is 1.75 bits per heavy atom. The highest BCUT2D eigenvalue weighted by atomic mass is 16.4. The summed E-state index contributed by atoms with van der Waals surface area (Å²) in [7, 11) is 0. The van der Waals surface area contributed by atoms with Gasteiger partial charge in [0.15, 0.2) is 6.10 Å². The molecule has 0 saturated carbocycles. The first-order valence-electron chi connectivity index (χ1n) is 2.09. The van der Waals surface area contributed by atoms with Gasteiger partial charge in [0.25, 0.3) is 0 Å². The monoisotopic (exact) mass is 116 g/mol. The van der Waals surface area contributed by atoms with Crippen LogP contribution >= 0.6 is 0 Å². The average molecular weight is 116 g/mol. The second-order valence-electron chi connectivity index (χ2n) is 1.26. The van der Waals surface area contributed by atoms with Crippen molar-refractivity contribution in [1.82, 2.24) is 0 Å². The maximum atomic E-state index is 9.68. The molecule has 4 radical (unpaired) electrons. The Bertz CT molecular complexity index is 70.1. The fourth-order valence-electron chi connectivity index (χ4n) is 0.175. The number of carboxylic acids is 1. The molecule has 1 unspecified atom stereocenters. The van der Waals surface area contributed by atoms with E-state index in [2.05, 4.69) is 0 Å². The van der Waals surface area contributed by atoms with Gasteiger partial charge in [-0.2, -0.15) is 0 Å². The third-order valence-electron chi connectivity index (χ3n) is 0.672. The van der Waals surface area contributed by atoms with Crippen LogP contribution in [0.1, 0.15) is 13.3 Å². The summed E-state index contributed by atoms with van der Waals surface area (Å²) < 4.78 is 0. The van der Waals surface area contributed by atoms with Crippen LogP contribution in [0.4, 0.5) is 0 Å². The molecule has 0 aliphatic carbocycles. The number of aliphatic hydroxyl groups excluding tert-OH is 1. The minimum absolute atomic E-state index is 0. The summed E-state index contributed by atoms with van der Waals surface area (Å²) in [6.45, 7) is 1.61. The highest BCUT2D eigenvalue weighted by Gasteiger charge is 2.07. The van der Waals surface area contributed by atoms with Crippen LogP contribution in [0.2, 0.25) is 0 Å². The quantitative estimate of drug-likeness (QED) is 0.530. The van der Waals surface area contributed by atoms with Crippen molar-refractivity contribution >= 4 is 5.97 Å². The topological polar surface area (TPSA) is 57.5 Å². The van der Waals surface area contributed by atoms with Crippen molar-refractivity contribution in [1.29, 1.82) is 0 Å². The Morgan fingerprint density at radius 2 is 2.12 bits per heavy atom. The van der Waals surface area contributed by atoms with Crippen LogP contribution in [0.3, 0.4) is 0 Å². The van der Waals surface area contributed by atoms with Gasteiger partial charge in [-0.3, -0.25) is 0 Å². The molecule has 3 heteroatoms. The van der Waals surface area contributed by atoms with E-state index in [1.54, 1.807) is 6.92 Å². The molecule has 1 atom stereocenters. The van der Waals surface area contributed by atoms with Crippen LogP contribution in [-0.4, -0.2) is 22.3 Å². The summed E-state index contributed by atoms with van der Waals surface area (Å²) in [5.74, 6) is -1.15. The summed E-state index contributed by atoms with van der Waals surface area (Å²) >= 11 is 0. The van der Waals surface area contributed by atoms with E-state index in [1.807, 2.05) is 0 Å². The fourth-order valence-corrected chi connectivity index (χ4v) is 0.175. The van der Waals surface area contributed by atoms with E-state index in [9.17, 15) is 4.79 Å². The van der Waals surface area contributed by atoms with E-state index in [1.165, 1.54) is 0 Å². The smallest absolute Gasteiger partial charge is 0.332 e. The molecular weight excluding hydrogens is 108 g/mol. The Hall–Kier alpha value is -0.570. The molecule has 8 heavy (non-hydrogen) atoms. The van der Waals surface area contributed by atoms with Crippen molar-refractivity contribution in [3.8, 4) is 0 Å². The molecule has 0 aromatic carbocycles. The van der Waals surface area contributed by atoms with Gasteiger partial charge in [-0.25, -0.2) is 4.79 Å². The minimum Gasteiger partial charge on any atom is -0.479 e. The van der Waals surface area contributed by atoms with Crippen LogP contribution in [0.5, 0.6) is 0 Å². The molecule has 0 aromatic rings. The fraction of sp³-hybridized carbons (Fsp3) is 0.600. The molecule has 3 nitrogen and oxygen atoms in total. The third kappa shape index (κ3) is 3.61. The van der Waals surface area contributed by atoms with Crippen LogP contribution in [-0.2, 0) is 4.79 Å². The molecule has 0 bridgehead atoms. The lowest BCUT2D eigenvalue weighted by atomic mass is 10.3. The Labute approximate surface area is 49.0 Å². The van der Waals surface area contributed by atoms with E-state index in [0.717, 1.165) is 0 Å². The highest BCUT2D eigenvalue weighted by Crippen LogP contribution is 1.86. The van der Waals surface area contributed by atoms with Gasteiger partial charge in [0, 0.05) is 7.43 Å². The van der Waals surface area contributed by atoms with E-state index in [0.29, 0.717) is 0 Å². The third-order valence-corrected chi connectivity index (χ3v) is 0.672. The number of rotatable bonds is 2. The van der Waals surface area contributed by atoms with Gasteiger partial charge in [0.05, 0.1) is 0 Å². The average Bonchev–Trinajstić information content (AvgIpc) is 1.65. The van der Waals surface area contributed by atoms with Crippen molar-refractivity contribution in [3.63, 3.8) is 0 Å². The molecule has 0 spiro atoms. The predicted octanol–water partition coefficient (Wildman–Crippen LogP) is -0.0768. The van der Waals surface area contributed by atoms with Crippen molar-refractivity contribution < 1.29 is 15.0 Å². The first-order chi connectivity index (χ1) is 3.18. The lowest BCUT2D eigenvalue weighted by Crippen LogP contribution is -2.17. The van der Waals surface area contributed by atoms with Crippen LogP contribution in [0.25, 0.3) is 0 Å². The van der Waals surface area contributed by atoms with E-state index in [-0.39, 0.29) is 13.8 Å². The SMILES string of the molecule is CCC(O)C(=O)O.[C]. The number of aliphatic carboxylic acids is 1. The number of aliphatic hydroxyl groups is 1. The summed E-state index contributed by atoms with van der Waals surface area (Å²) in [5.41, 5.74) is 0. The molecular formula is C5H8O3. The molecule has 0 aliphatic heterocycles. The molecule has 2 N–H and O–H groups in total. The maximum absolute atomic E-state index is 9.68. The van der Waals surface area contributed by atoms with Crippen LogP contribution in [0, 0.1) is 7.43 Å². The lowest BCUT2D eigenvalue weighted by molar-refractivity contribution is -0.146. The van der Waals surface area contributed by atoms with Gasteiger partial charge in [0.2, 0.25) is 0 Å². The maximum Gasteiger partial charge on any atom is 0.332 e. The van der Waals surface area contributed by atoms with Gasteiger partial charge in [-0.15, -0.1) is 0 Å². The molecule has 0 fully saturated rings. The number of hydrogen-bond acceptors (Lipinski definition) is 2. The van der Waals surface area contributed by atoms with Gasteiger partial charge in [-0.05, 0) is 6.42 Å². The molecule has 0 amide bonds. The number of hydrogen-bond donors (Lipinski definition) is 2. The van der Waals surface area contributed by atoms with Gasteiger partial charge in [0.1, 0.15) is 0 Å². The van der Waals surface area contributed by atoms with Crippen molar-refractivity contribution in [3.05, 3.63) is 7.43 Å².